The molecule has 1 aliphatic rings. The number of hydrogen-bond donors (Lipinski definition) is 1. The van der Waals surface area contributed by atoms with E-state index in [9.17, 15) is 9.18 Å². The Morgan fingerprint density at radius 3 is 2.34 bits per heavy atom. The highest BCUT2D eigenvalue weighted by Crippen LogP contribution is 2.39. The first-order valence-corrected chi connectivity index (χ1v) is 9.72. The standard InChI is InChI=1S/C21H21ClFN5O/c1-27-13-16(10-26-27)14-2-4-15(5-3-14)17-11-25-12-18(22)19(17)28-8-6-21(23,7-9-28)20(24)29/h2-5,10-13H,6-9H2,1H3,(H2,24,29). The summed E-state index contributed by atoms with van der Waals surface area (Å²) in [7, 11) is 1.88. The molecule has 1 amide bonds. The molecule has 0 radical (unpaired) electrons. The highest BCUT2D eigenvalue weighted by atomic mass is 35.5. The third kappa shape index (κ3) is 3.70. The summed E-state index contributed by atoms with van der Waals surface area (Å²) in [6, 6.07) is 8.05. The molecule has 29 heavy (non-hydrogen) atoms. The van der Waals surface area contributed by atoms with Crippen LogP contribution in [0, 0.1) is 0 Å². The maximum absolute atomic E-state index is 14.6. The summed E-state index contributed by atoms with van der Waals surface area (Å²) in [5.41, 5.74) is 7.97. The van der Waals surface area contributed by atoms with Crippen molar-refractivity contribution in [2.24, 2.45) is 12.8 Å². The van der Waals surface area contributed by atoms with Crippen molar-refractivity contribution in [3.8, 4) is 22.3 Å². The second kappa shape index (κ2) is 7.48. The summed E-state index contributed by atoms with van der Waals surface area (Å²) in [6.07, 6.45) is 7.19. The number of pyridine rings is 1. The highest BCUT2D eigenvalue weighted by molar-refractivity contribution is 6.33. The van der Waals surface area contributed by atoms with Crippen LogP contribution in [0.2, 0.25) is 5.02 Å². The third-order valence-corrected chi connectivity index (χ3v) is 5.70. The number of alkyl halides is 1. The molecule has 8 heteroatoms. The molecule has 1 aliphatic heterocycles. The third-order valence-electron chi connectivity index (χ3n) is 5.42. The van der Waals surface area contributed by atoms with Gasteiger partial charge >= 0.3 is 0 Å². The molecule has 1 fully saturated rings. The zero-order valence-corrected chi connectivity index (χ0v) is 16.7. The van der Waals surface area contributed by atoms with Crippen molar-refractivity contribution in [1.29, 1.82) is 0 Å². The minimum Gasteiger partial charge on any atom is -0.369 e. The van der Waals surface area contributed by atoms with Gasteiger partial charge in [-0.15, -0.1) is 0 Å². The fourth-order valence-electron chi connectivity index (χ4n) is 3.70. The summed E-state index contributed by atoms with van der Waals surface area (Å²) in [4.78, 5) is 17.6. The first kappa shape index (κ1) is 19.4. The number of amides is 1. The molecule has 0 unspecified atom stereocenters. The number of carbonyl (C=O) groups is 1. The molecule has 0 atom stereocenters. The molecular formula is C21H21ClFN5O. The van der Waals surface area contributed by atoms with Crippen molar-refractivity contribution in [3.05, 3.63) is 54.1 Å². The zero-order valence-electron chi connectivity index (χ0n) is 16.0. The van der Waals surface area contributed by atoms with Crippen molar-refractivity contribution in [3.63, 3.8) is 0 Å². The number of nitrogens with two attached hydrogens (primary N) is 1. The maximum atomic E-state index is 14.6. The molecule has 0 spiro atoms. The van der Waals surface area contributed by atoms with Gasteiger partial charge in [0, 0.05) is 62.7 Å². The van der Waals surface area contributed by atoms with Crippen LogP contribution in [0.3, 0.4) is 0 Å². The number of aromatic nitrogens is 3. The summed E-state index contributed by atoms with van der Waals surface area (Å²) in [5.74, 6) is -0.899. The van der Waals surface area contributed by atoms with E-state index >= 15 is 0 Å². The fourth-order valence-corrected chi connectivity index (χ4v) is 3.98. The lowest BCUT2D eigenvalue weighted by molar-refractivity contribution is -0.130. The Morgan fingerprint density at radius 2 is 1.76 bits per heavy atom. The van der Waals surface area contributed by atoms with Gasteiger partial charge in [0.05, 0.1) is 16.9 Å². The summed E-state index contributed by atoms with van der Waals surface area (Å²) < 4.78 is 16.3. The van der Waals surface area contributed by atoms with Crippen LogP contribution >= 0.6 is 11.6 Å². The van der Waals surface area contributed by atoms with Gasteiger partial charge in [-0.2, -0.15) is 5.10 Å². The fraction of sp³-hybridized carbons (Fsp3) is 0.286. The van der Waals surface area contributed by atoms with Crippen LogP contribution in [0.4, 0.5) is 10.1 Å². The van der Waals surface area contributed by atoms with Crippen LogP contribution in [0.5, 0.6) is 0 Å². The molecule has 3 heterocycles. The van der Waals surface area contributed by atoms with Gasteiger partial charge in [-0.05, 0) is 11.1 Å². The molecule has 0 aliphatic carbocycles. The first-order valence-electron chi connectivity index (χ1n) is 9.34. The Morgan fingerprint density at radius 1 is 1.10 bits per heavy atom. The van der Waals surface area contributed by atoms with Crippen molar-refractivity contribution in [2.45, 2.75) is 18.5 Å². The number of carbonyl (C=O) groups excluding carboxylic acids is 1. The van der Waals surface area contributed by atoms with Gasteiger partial charge in [-0.25, -0.2) is 4.39 Å². The van der Waals surface area contributed by atoms with Gasteiger partial charge in [0.2, 0.25) is 0 Å². The number of nitrogens with zero attached hydrogens (tertiary/aromatic N) is 4. The maximum Gasteiger partial charge on any atom is 0.255 e. The van der Waals surface area contributed by atoms with Gasteiger partial charge in [0.1, 0.15) is 0 Å². The van der Waals surface area contributed by atoms with Crippen LogP contribution in [0.25, 0.3) is 22.3 Å². The lowest BCUT2D eigenvalue weighted by atomic mass is 9.91. The largest absolute Gasteiger partial charge is 0.369 e. The Hall–Kier alpha value is -2.93. The lowest BCUT2D eigenvalue weighted by Gasteiger charge is -2.37. The summed E-state index contributed by atoms with van der Waals surface area (Å²) >= 11 is 6.48. The minimum absolute atomic E-state index is 0.0420. The van der Waals surface area contributed by atoms with Crippen LogP contribution in [0.1, 0.15) is 12.8 Å². The van der Waals surface area contributed by atoms with Crippen LogP contribution in [-0.2, 0) is 11.8 Å². The van der Waals surface area contributed by atoms with E-state index < -0.39 is 11.6 Å². The van der Waals surface area contributed by atoms with Gasteiger partial charge < -0.3 is 10.6 Å². The highest BCUT2D eigenvalue weighted by Gasteiger charge is 2.40. The topological polar surface area (TPSA) is 77.0 Å². The van der Waals surface area contributed by atoms with E-state index in [1.165, 1.54) is 0 Å². The van der Waals surface area contributed by atoms with Gasteiger partial charge in [0.25, 0.3) is 5.91 Å². The molecule has 4 rings (SSSR count). The number of halogens is 2. The van der Waals surface area contributed by atoms with E-state index in [0.29, 0.717) is 18.1 Å². The Kier molecular flexibility index (Phi) is 5.00. The number of benzene rings is 1. The SMILES string of the molecule is Cn1cc(-c2ccc(-c3cncc(Cl)c3N3CCC(F)(C(N)=O)CC3)cc2)cn1. The van der Waals surface area contributed by atoms with Crippen LogP contribution in [-0.4, -0.2) is 39.4 Å². The molecule has 0 saturated carbocycles. The van der Waals surface area contributed by atoms with Crippen molar-refractivity contribution < 1.29 is 9.18 Å². The number of rotatable bonds is 4. The molecule has 0 bridgehead atoms. The van der Waals surface area contributed by atoms with Crippen LogP contribution in [0.15, 0.2) is 49.1 Å². The molecular weight excluding hydrogens is 393 g/mol. The number of primary amides is 1. The molecule has 1 saturated heterocycles. The smallest absolute Gasteiger partial charge is 0.255 e. The molecule has 3 aromatic rings. The molecule has 2 N–H and O–H groups in total. The second-order valence-corrected chi connectivity index (χ2v) is 7.72. The van der Waals surface area contributed by atoms with E-state index in [0.717, 1.165) is 27.9 Å². The molecule has 1 aromatic carbocycles. The Bertz CT molecular complexity index is 1040. The van der Waals surface area contributed by atoms with Gasteiger partial charge in [0.15, 0.2) is 5.67 Å². The average Bonchev–Trinajstić information content (AvgIpc) is 3.15. The Balaban J connectivity index is 1.64. The number of aryl methyl sites for hydroxylation is 1. The Labute approximate surface area is 173 Å². The van der Waals surface area contributed by atoms with Crippen molar-refractivity contribution in [1.82, 2.24) is 14.8 Å². The lowest BCUT2D eigenvalue weighted by Crippen LogP contribution is -2.49. The molecule has 6 nitrogen and oxygen atoms in total. The number of hydrogen-bond acceptors (Lipinski definition) is 4. The van der Waals surface area contributed by atoms with Crippen molar-refractivity contribution in [2.75, 3.05) is 18.0 Å². The molecule has 150 valence electrons. The second-order valence-electron chi connectivity index (χ2n) is 7.31. The van der Waals surface area contributed by atoms with Crippen LogP contribution < -0.4 is 10.6 Å². The first-order chi connectivity index (χ1) is 13.9. The van der Waals surface area contributed by atoms with E-state index in [4.69, 9.17) is 17.3 Å². The van der Waals surface area contributed by atoms with E-state index in [1.807, 2.05) is 48.6 Å². The van der Waals surface area contributed by atoms with E-state index in [1.54, 1.807) is 17.1 Å². The number of anilines is 1. The summed E-state index contributed by atoms with van der Waals surface area (Å²) in [6.45, 7) is 0.702. The predicted octanol–water partition coefficient (Wildman–Crippen LogP) is 3.60. The number of piperidine rings is 1. The average molecular weight is 414 g/mol. The van der Waals surface area contributed by atoms with Gasteiger partial charge in [-0.3, -0.25) is 14.5 Å². The predicted molar refractivity (Wildman–Crippen MR) is 111 cm³/mol. The van der Waals surface area contributed by atoms with Crippen molar-refractivity contribution >= 4 is 23.2 Å². The minimum atomic E-state index is -1.96. The zero-order chi connectivity index (χ0) is 20.6. The van der Waals surface area contributed by atoms with Gasteiger partial charge in [-0.1, -0.05) is 35.9 Å². The van der Waals surface area contributed by atoms with E-state index in [-0.39, 0.29) is 12.8 Å². The monoisotopic (exact) mass is 413 g/mol. The van der Waals surface area contributed by atoms with E-state index in [2.05, 4.69) is 10.1 Å². The quantitative estimate of drug-likeness (QED) is 0.709. The normalized spacial score (nSPS) is 16.0. The molecule has 2 aromatic heterocycles. The summed E-state index contributed by atoms with van der Waals surface area (Å²) in [5, 5.41) is 4.69.